The van der Waals surface area contributed by atoms with Gasteiger partial charge in [-0.2, -0.15) is 0 Å². The van der Waals surface area contributed by atoms with E-state index in [1.165, 1.54) is 7.11 Å². The lowest BCUT2D eigenvalue weighted by molar-refractivity contribution is 0.0805. The summed E-state index contributed by atoms with van der Waals surface area (Å²) in [5.74, 6) is 1.79. The molecule has 0 aromatic rings. The Morgan fingerprint density at radius 2 is 2.00 bits per heavy atom. The topological polar surface area (TPSA) is 41.6 Å². The highest BCUT2D eigenvalue weighted by molar-refractivity contribution is 5.67. The molecule has 0 aromatic carbocycles. The van der Waals surface area contributed by atoms with Gasteiger partial charge in [-0.25, -0.2) is 4.79 Å². The van der Waals surface area contributed by atoms with E-state index in [-0.39, 0.29) is 6.09 Å². The molecule has 0 aliphatic carbocycles. The van der Waals surface area contributed by atoms with Crippen LogP contribution in [0.3, 0.4) is 0 Å². The molecular formula is C14H28N2O2. The SMILES string of the molecule is COC(=O)N1CC(NCC(C)C)CC(C(C)C)C1. The maximum absolute atomic E-state index is 11.7. The van der Waals surface area contributed by atoms with E-state index in [0.29, 0.717) is 23.8 Å². The lowest BCUT2D eigenvalue weighted by atomic mass is 9.85. The van der Waals surface area contributed by atoms with Crippen LogP contribution < -0.4 is 5.32 Å². The highest BCUT2D eigenvalue weighted by atomic mass is 16.5. The molecule has 0 spiro atoms. The van der Waals surface area contributed by atoms with Gasteiger partial charge in [0.1, 0.15) is 0 Å². The first-order valence-electron chi connectivity index (χ1n) is 7.00. The molecule has 4 heteroatoms. The van der Waals surface area contributed by atoms with Crippen molar-refractivity contribution in [2.75, 3.05) is 26.7 Å². The Morgan fingerprint density at radius 3 is 2.50 bits per heavy atom. The second-order valence-electron chi connectivity index (χ2n) is 6.11. The van der Waals surface area contributed by atoms with E-state index >= 15 is 0 Å². The zero-order chi connectivity index (χ0) is 13.7. The summed E-state index contributed by atoms with van der Waals surface area (Å²) in [6.07, 6.45) is 0.953. The molecule has 1 saturated heterocycles. The van der Waals surface area contributed by atoms with Crippen molar-refractivity contribution in [1.29, 1.82) is 0 Å². The fourth-order valence-corrected chi connectivity index (χ4v) is 2.45. The average Bonchev–Trinajstić information content (AvgIpc) is 2.34. The van der Waals surface area contributed by atoms with E-state index in [1.54, 1.807) is 0 Å². The molecule has 106 valence electrons. The van der Waals surface area contributed by atoms with E-state index < -0.39 is 0 Å². The molecule has 1 heterocycles. The molecule has 2 atom stereocenters. The van der Waals surface area contributed by atoms with Crippen molar-refractivity contribution in [2.24, 2.45) is 17.8 Å². The van der Waals surface area contributed by atoms with Crippen LogP contribution in [0.5, 0.6) is 0 Å². The Hall–Kier alpha value is -0.770. The number of methoxy groups -OCH3 is 1. The predicted molar refractivity (Wildman–Crippen MR) is 73.6 cm³/mol. The Labute approximate surface area is 111 Å². The third-order valence-corrected chi connectivity index (χ3v) is 3.67. The first-order chi connectivity index (χ1) is 8.43. The van der Waals surface area contributed by atoms with Crippen LogP contribution >= 0.6 is 0 Å². The highest BCUT2D eigenvalue weighted by Gasteiger charge is 2.31. The molecule has 0 radical (unpaired) electrons. The van der Waals surface area contributed by atoms with Crippen molar-refractivity contribution in [1.82, 2.24) is 10.2 Å². The van der Waals surface area contributed by atoms with Crippen LogP contribution in [0, 0.1) is 17.8 Å². The van der Waals surface area contributed by atoms with Crippen LogP contribution in [0.2, 0.25) is 0 Å². The van der Waals surface area contributed by atoms with Crippen LogP contribution in [0.25, 0.3) is 0 Å². The number of amides is 1. The van der Waals surface area contributed by atoms with E-state index in [0.717, 1.165) is 26.1 Å². The summed E-state index contributed by atoms with van der Waals surface area (Å²) in [6.45, 7) is 11.5. The van der Waals surface area contributed by atoms with Crippen molar-refractivity contribution >= 4 is 6.09 Å². The third kappa shape index (κ3) is 4.48. The molecule has 0 saturated carbocycles. The lowest BCUT2D eigenvalue weighted by Gasteiger charge is -2.39. The first-order valence-corrected chi connectivity index (χ1v) is 7.00. The molecule has 1 N–H and O–H groups in total. The van der Waals surface area contributed by atoms with Crippen LogP contribution in [-0.4, -0.2) is 43.8 Å². The maximum Gasteiger partial charge on any atom is 0.409 e. The lowest BCUT2D eigenvalue weighted by Crippen LogP contribution is -2.52. The largest absolute Gasteiger partial charge is 0.453 e. The first kappa shape index (κ1) is 15.3. The van der Waals surface area contributed by atoms with Crippen LogP contribution in [-0.2, 0) is 4.74 Å². The van der Waals surface area contributed by atoms with Gasteiger partial charge in [0.25, 0.3) is 0 Å². The fraction of sp³-hybridized carbons (Fsp3) is 0.929. The van der Waals surface area contributed by atoms with Crippen LogP contribution in [0.4, 0.5) is 4.79 Å². The van der Waals surface area contributed by atoms with Crippen molar-refractivity contribution in [2.45, 2.75) is 40.2 Å². The quantitative estimate of drug-likeness (QED) is 0.839. The van der Waals surface area contributed by atoms with Gasteiger partial charge in [-0.05, 0) is 30.7 Å². The molecule has 18 heavy (non-hydrogen) atoms. The number of nitrogens with zero attached hydrogens (tertiary/aromatic N) is 1. The highest BCUT2D eigenvalue weighted by Crippen LogP contribution is 2.24. The van der Waals surface area contributed by atoms with Gasteiger partial charge >= 0.3 is 6.09 Å². The summed E-state index contributed by atoms with van der Waals surface area (Å²) < 4.78 is 4.85. The molecule has 1 fully saturated rings. The summed E-state index contributed by atoms with van der Waals surface area (Å²) in [4.78, 5) is 13.5. The van der Waals surface area contributed by atoms with Crippen molar-refractivity contribution in [3.8, 4) is 0 Å². The second-order valence-corrected chi connectivity index (χ2v) is 6.11. The molecule has 1 aliphatic rings. The molecular weight excluding hydrogens is 228 g/mol. The third-order valence-electron chi connectivity index (χ3n) is 3.67. The molecule has 2 unspecified atom stereocenters. The predicted octanol–water partition coefficient (Wildman–Crippen LogP) is 2.34. The molecule has 0 aromatic heterocycles. The zero-order valence-electron chi connectivity index (χ0n) is 12.4. The number of piperidine rings is 1. The number of rotatable bonds is 4. The maximum atomic E-state index is 11.7. The van der Waals surface area contributed by atoms with Gasteiger partial charge < -0.3 is 15.0 Å². The van der Waals surface area contributed by atoms with Gasteiger partial charge in [-0.15, -0.1) is 0 Å². The zero-order valence-corrected chi connectivity index (χ0v) is 12.4. The summed E-state index contributed by atoms with van der Waals surface area (Å²) in [7, 11) is 1.46. The standard InChI is InChI=1S/C14H28N2O2/c1-10(2)7-15-13-6-12(11(3)4)8-16(9-13)14(17)18-5/h10-13,15H,6-9H2,1-5H3. The Bertz CT molecular complexity index is 267. The molecule has 0 bridgehead atoms. The van der Waals surface area contributed by atoms with E-state index in [2.05, 4.69) is 33.0 Å². The number of nitrogens with one attached hydrogen (secondary N) is 1. The monoisotopic (exact) mass is 256 g/mol. The minimum Gasteiger partial charge on any atom is -0.453 e. The van der Waals surface area contributed by atoms with Crippen LogP contribution in [0.15, 0.2) is 0 Å². The Morgan fingerprint density at radius 1 is 1.33 bits per heavy atom. The van der Waals surface area contributed by atoms with Gasteiger partial charge in [0.2, 0.25) is 0 Å². The molecule has 1 amide bonds. The number of hydrogen-bond donors (Lipinski definition) is 1. The minimum absolute atomic E-state index is 0.198. The second kappa shape index (κ2) is 6.98. The normalized spacial score (nSPS) is 24.7. The summed E-state index contributed by atoms with van der Waals surface area (Å²) in [5.41, 5.74) is 0. The van der Waals surface area contributed by atoms with Crippen LogP contribution in [0.1, 0.15) is 34.1 Å². The van der Waals surface area contributed by atoms with Crippen molar-refractivity contribution in [3.05, 3.63) is 0 Å². The summed E-state index contributed by atoms with van der Waals surface area (Å²) in [5, 5.41) is 3.57. The van der Waals surface area contributed by atoms with E-state index in [1.807, 2.05) is 4.90 Å². The number of hydrogen-bond acceptors (Lipinski definition) is 3. The summed E-state index contributed by atoms with van der Waals surface area (Å²) in [6, 6.07) is 0.396. The molecule has 1 rings (SSSR count). The average molecular weight is 256 g/mol. The number of carbonyl (C=O) groups excluding carboxylic acids is 1. The van der Waals surface area contributed by atoms with Gasteiger partial charge in [-0.1, -0.05) is 27.7 Å². The van der Waals surface area contributed by atoms with Crippen molar-refractivity contribution in [3.63, 3.8) is 0 Å². The smallest absolute Gasteiger partial charge is 0.409 e. The van der Waals surface area contributed by atoms with Gasteiger partial charge in [0.15, 0.2) is 0 Å². The number of ether oxygens (including phenoxy) is 1. The molecule has 1 aliphatic heterocycles. The van der Waals surface area contributed by atoms with E-state index in [4.69, 9.17) is 4.74 Å². The van der Waals surface area contributed by atoms with E-state index in [9.17, 15) is 4.79 Å². The minimum atomic E-state index is -0.198. The number of carbonyl (C=O) groups is 1. The van der Waals surface area contributed by atoms with Gasteiger partial charge in [-0.3, -0.25) is 0 Å². The Kier molecular flexibility index (Phi) is 5.93. The van der Waals surface area contributed by atoms with Gasteiger partial charge in [0, 0.05) is 19.1 Å². The van der Waals surface area contributed by atoms with Crippen molar-refractivity contribution < 1.29 is 9.53 Å². The fourth-order valence-electron chi connectivity index (χ4n) is 2.45. The molecule has 4 nitrogen and oxygen atoms in total. The Balaban J connectivity index is 2.59. The summed E-state index contributed by atoms with van der Waals surface area (Å²) >= 11 is 0. The number of likely N-dealkylation sites (tertiary alicyclic amines) is 1. The van der Waals surface area contributed by atoms with Gasteiger partial charge in [0.05, 0.1) is 7.11 Å².